The van der Waals surface area contributed by atoms with E-state index in [1.54, 1.807) is 12.4 Å². The summed E-state index contributed by atoms with van der Waals surface area (Å²) in [6.45, 7) is 10.7. The molecule has 2 aromatic carbocycles. The molecular formula is C35H42N4O3Si. The topological polar surface area (TPSA) is 80.5 Å². The summed E-state index contributed by atoms with van der Waals surface area (Å²) in [6.07, 6.45) is 7.86. The van der Waals surface area contributed by atoms with Crippen molar-refractivity contribution in [1.82, 2.24) is 19.7 Å². The summed E-state index contributed by atoms with van der Waals surface area (Å²) in [7, 11) is -2.30. The molecular weight excluding hydrogens is 552 g/mol. The zero-order valence-electron chi connectivity index (χ0n) is 25.7. The lowest BCUT2D eigenvalue weighted by Gasteiger charge is -2.36. The minimum Gasteiger partial charge on any atom is -0.489 e. The van der Waals surface area contributed by atoms with Crippen molar-refractivity contribution in [3.63, 3.8) is 0 Å². The zero-order chi connectivity index (χ0) is 30.2. The number of rotatable bonds is 11. The SMILES string of the molecule is CC(C)(CCCN1CCn2nc(-c3ccncc3)c(-c3ccc(OCc4ccc(C5CC5)cc4)cc3)c2C1=O)[Si](C)(C)O. The van der Waals surface area contributed by atoms with Gasteiger partial charge in [0.25, 0.3) is 5.91 Å². The first kappa shape index (κ1) is 29.3. The monoisotopic (exact) mass is 594 g/mol. The Morgan fingerprint density at radius 1 is 0.953 bits per heavy atom. The molecule has 1 amide bonds. The number of hydrogen-bond acceptors (Lipinski definition) is 5. The van der Waals surface area contributed by atoms with Gasteiger partial charge < -0.3 is 14.4 Å². The van der Waals surface area contributed by atoms with E-state index >= 15 is 0 Å². The molecule has 0 radical (unpaired) electrons. The predicted octanol–water partition coefficient (Wildman–Crippen LogP) is 7.28. The summed E-state index contributed by atoms with van der Waals surface area (Å²) in [5.74, 6) is 1.54. The number of fused-ring (bicyclic) bond motifs is 1. The van der Waals surface area contributed by atoms with Gasteiger partial charge in [0.1, 0.15) is 23.7 Å². The Labute approximate surface area is 255 Å². The summed E-state index contributed by atoms with van der Waals surface area (Å²) in [6, 6.07) is 20.6. The van der Waals surface area contributed by atoms with Crippen molar-refractivity contribution in [2.45, 2.75) is 76.7 Å². The molecule has 6 rings (SSSR count). The van der Waals surface area contributed by atoms with Crippen LogP contribution in [0.4, 0.5) is 0 Å². The van der Waals surface area contributed by atoms with Gasteiger partial charge in [0, 0.05) is 36.6 Å². The highest BCUT2D eigenvalue weighted by Gasteiger charge is 2.38. The number of amides is 1. The van der Waals surface area contributed by atoms with Crippen LogP contribution in [0.5, 0.6) is 5.75 Å². The smallest absolute Gasteiger partial charge is 0.272 e. The van der Waals surface area contributed by atoms with Gasteiger partial charge in [-0.3, -0.25) is 14.5 Å². The van der Waals surface area contributed by atoms with Gasteiger partial charge in [-0.25, -0.2) is 0 Å². The Morgan fingerprint density at radius 2 is 1.65 bits per heavy atom. The molecule has 1 aliphatic carbocycles. The van der Waals surface area contributed by atoms with Gasteiger partial charge in [-0.15, -0.1) is 0 Å². The maximum absolute atomic E-state index is 14.0. The molecule has 0 unspecified atom stereocenters. The largest absolute Gasteiger partial charge is 0.489 e. The quantitative estimate of drug-likeness (QED) is 0.185. The second-order valence-corrected chi connectivity index (χ2v) is 17.7. The van der Waals surface area contributed by atoms with Crippen molar-refractivity contribution in [1.29, 1.82) is 0 Å². The molecule has 43 heavy (non-hydrogen) atoms. The average Bonchev–Trinajstić information content (AvgIpc) is 3.77. The summed E-state index contributed by atoms with van der Waals surface area (Å²) < 4.78 is 7.99. The van der Waals surface area contributed by atoms with E-state index in [9.17, 15) is 9.59 Å². The molecule has 7 nitrogen and oxygen atoms in total. The van der Waals surface area contributed by atoms with Gasteiger partial charge >= 0.3 is 0 Å². The highest BCUT2D eigenvalue weighted by atomic mass is 28.4. The van der Waals surface area contributed by atoms with Crippen LogP contribution in [0.3, 0.4) is 0 Å². The second kappa shape index (κ2) is 11.7. The fourth-order valence-corrected chi connectivity index (χ4v) is 6.50. The molecule has 1 aliphatic heterocycles. The van der Waals surface area contributed by atoms with Gasteiger partial charge in [-0.1, -0.05) is 50.2 Å². The average molecular weight is 595 g/mol. The van der Waals surface area contributed by atoms with Gasteiger partial charge in [0.2, 0.25) is 0 Å². The number of ether oxygens (including phenoxy) is 1. The van der Waals surface area contributed by atoms with Crippen LogP contribution in [0.15, 0.2) is 73.1 Å². The summed E-state index contributed by atoms with van der Waals surface area (Å²) in [5, 5.41) is 4.82. The Balaban J connectivity index is 1.23. The highest BCUT2D eigenvalue weighted by molar-refractivity contribution is 6.72. The van der Waals surface area contributed by atoms with Gasteiger partial charge in [0.15, 0.2) is 8.32 Å². The number of pyridine rings is 1. The third kappa shape index (κ3) is 6.31. The van der Waals surface area contributed by atoms with Crippen LogP contribution >= 0.6 is 0 Å². The van der Waals surface area contributed by atoms with Gasteiger partial charge in [0.05, 0.1) is 6.54 Å². The van der Waals surface area contributed by atoms with E-state index in [1.165, 1.54) is 18.4 Å². The van der Waals surface area contributed by atoms with Gasteiger partial charge in [-0.2, -0.15) is 5.10 Å². The van der Waals surface area contributed by atoms with Crippen LogP contribution in [0.2, 0.25) is 18.1 Å². The minimum absolute atomic E-state index is 0.00216. The molecule has 0 spiro atoms. The normalized spacial score (nSPS) is 15.5. The van der Waals surface area contributed by atoms with Crippen molar-refractivity contribution < 1.29 is 14.3 Å². The Bertz CT molecular complexity index is 1570. The third-order valence-corrected chi connectivity index (χ3v) is 13.0. The zero-order valence-corrected chi connectivity index (χ0v) is 26.7. The van der Waals surface area contributed by atoms with Crippen LogP contribution in [-0.4, -0.2) is 51.8 Å². The van der Waals surface area contributed by atoms with Gasteiger partial charge in [-0.05, 0) is 90.7 Å². The molecule has 1 saturated carbocycles. The molecule has 1 fully saturated rings. The number of hydrogen-bond donors (Lipinski definition) is 1. The molecule has 1 N–H and O–H groups in total. The van der Waals surface area contributed by atoms with Crippen molar-refractivity contribution in [3.05, 3.63) is 89.9 Å². The minimum atomic E-state index is -2.30. The van der Waals surface area contributed by atoms with E-state index in [4.69, 9.17) is 9.84 Å². The lowest BCUT2D eigenvalue weighted by molar-refractivity contribution is 0.0694. The van der Waals surface area contributed by atoms with E-state index in [0.717, 1.165) is 52.5 Å². The maximum Gasteiger partial charge on any atom is 0.272 e. The van der Waals surface area contributed by atoms with Crippen LogP contribution in [0.25, 0.3) is 22.4 Å². The molecule has 0 bridgehead atoms. The first-order chi connectivity index (χ1) is 20.6. The molecule has 2 aromatic heterocycles. The van der Waals surface area contributed by atoms with E-state index in [2.05, 4.69) is 43.1 Å². The number of aromatic nitrogens is 3. The molecule has 2 aliphatic rings. The van der Waals surface area contributed by atoms with Crippen molar-refractivity contribution in [2.75, 3.05) is 13.1 Å². The lowest BCUT2D eigenvalue weighted by atomic mass is 9.98. The first-order valence-electron chi connectivity index (χ1n) is 15.5. The number of carbonyl (C=O) groups excluding carboxylic acids is 1. The van der Waals surface area contributed by atoms with Crippen LogP contribution in [0, 0.1) is 0 Å². The third-order valence-electron chi connectivity index (χ3n) is 9.44. The highest BCUT2D eigenvalue weighted by Crippen LogP contribution is 2.41. The number of nitrogens with zero attached hydrogens (tertiary/aromatic N) is 4. The molecule has 8 heteroatoms. The lowest BCUT2D eigenvalue weighted by Crippen LogP contribution is -2.42. The number of carbonyl (C=O) groups is 1. The molecule has 0 atom stereocenters. The summed E-state index contributed by atoms with van der Waals surface area (Å²) in [5.41, 5.74) is 6.68. The fourth-order valence-electron chi connectivity index (χ4n) is 5.71. The Morgan fingerprint density at radius 3 is 2.30 bits per heavy atom. The van der Waals surface area contributed by atoms with E-state index in [-0.39, 0.29) is 10.9 Å². The Hall–Kier alpha value is -3.75. The maximum atomic E-state index is 14.0. The molecule has 224 valence electrons. The molecule has 4 aromatic rings. The van der Waals surface area contributed by atoms with E-state index in [0.29, 0.717) is 31.9 Å². The van der Waals surface area contributed by atoms with Crippen LogP contribution in [0.1, 0.15) is 67.1 Å². The van der Waals surface area contributed by atoms with Crippen LogP contribution < -0.4 is 4.74 Å². The van der Waals surface area contributed by atoms with E-state index < -0.39 is 8.32 Å². The molecule has 3 heterocycles. The second-order valence-electron chi connectivity index (χ2n) is 13.2. The summed E-state index contributed by atoms with van der Waals surface area (Å²) >= 11 is 0. The van der Waals surface area contributed by atoms with Crippen molar-refractivity contribution >= 4 is 14.2 Å². The summed E-state index contributed by atoms with van der Waals surface area (Å²) in [4.78, 5) is 30.8. The number of benzene rings is 2. The molecule has 0 saturated heterocycles. The van der Waals surface area contributed by atoms with Crippen LogP contribution in [-0.2, 0) is 13.2 Å². The van der Waals surface area contributed by atoms with E-state index in [1.807, 2.05) is 59.1 Å². The Kier molecular flexibility index (Phi) is 8.00. The standard InChI is InChI=1S/C35H42N4O3Si/c1-35(2,43(3,4)41)18-5-21-38-22-23-39-33(34(38)40)31(32(37-39)29-16-19-36-20-17-29)28-12-14-30(15-13-28)42-24-25-6-8-26(9-7-25)27-10-11-27/h6-9,12-17,19-20,27,41H,5,10-11,18,21-24H2,1-4H3. The van der Waals surface area contributed by atoms with Crippen molar-refractivity contribution in [2.24, 2.45) is 0 Å². The predicted molar refractivity (Wildman–Crippen MR) is 173 cm³/mol. The fraction of sp³-hybridized carbons (Fsp3) is 0.400. The van der Waals surface area contributed by atoms with Crippen molar-refractivity contribution in [3.8, 4) is 28.1 Å². The first-order valence-corrected chi connectivity index (χ1v) is 18.4.